The van der Waals surface area contributed by atoms with Gasteiger partial charge in [0, 0.05) is 23.6 Å². The molecule has 24 heavy (non-hydrogen) atoms. The fourth-order valence-corrected chi connectivity index (χ4v) is 3.30. The zero-order valence-electron chi connectivity index (χ0n) is 13.4. The molecule has 4 rings (SSSR count). The van der Waals surface area contributed by atoms with Crippen molar-refractivity contribution >= 4 is 17.2 Å². The van der Waals surface area contributed by atoms with Crippen molar-refractivity contribution in [1.82, 2.24) is 0 Å². The van der Waals surface area contributed by atoms with Gasteiger partial charge in [-0.1, -0.05) is 66.7 Å². The molecule has 0 aliphatic carbocycles. The Balaban J connectivity index is 1.93. The van der Waals surface area contributed by atoms with Crippen LogP contribution in [0.4, 0.5) is 5.69 Å². The Morgan fingerprint density at radius 2 is 1.29 bits per heavy atom. The molecule has 0 unspecified atom stereocenters. The van der Waals surface area contributed by atoms with E-state index in [4.69, 9.17) is 0 Å². The number of fused-ring (bicyclic) bond motifs is 1. The Hall–Kier alpha value is -3.00. The smallest absolute Gasteiger partial charge is 0.261 e. The molecule has 3 aromatic rings. The van der Waals surface area contributed by atoms with E-state index in [1.807, 2.05) is 66.7 Å². The summed E-state index contributed by atoms with van der Waals surface area (Å²) in [5.41, 5.74) is 4.88. The molecule has 0 saturated carbocycles. The number of rotatable bonds is 3. The highest BCUT2D eigenvalue weighted by atomic mass is 16.1. The van der Waals surface area contributed by atoms with E-state index in [0.717, 1.165) is 35.5 Å². The zero-order chi connectivity index (χ0) is 16.4. The second kappa shape index (κ2) is 6.25. The maximum Gasteiger partial charge on any atom is 0.261 e. The van der Waals surface area contributed by atoms with Crippen molar-refractivity contribution in [2.45, 2.75) is 6.42 Å². The summed E-state index contributed by atoms with van der Waals surface area (Å²) in [7, 11) is 0. The summed E-state index contributed by atoms with van der Waals surface area (Å²) in [6.07, 6.45) is 0.967. The topological polar surface area (TPSA) is 20.1 Å². The van der Waals surface area contributed by atoms with E-state index >= 15 is 0 Å². The summed E-state index contributed by atoms with van der Waals surface area (Å²) in [5.74, 6) is 0.0681. The predicted octanol–water partition coefficient (Wildman–Crippen LogP) is 4.26. The fraction of sp³-hybridized carbons (Fsp3) is 0.0909. The number of nitrogens with zero attached hydrogens (tertiary/aromatic N) is 1. The Kier molecular flexibility index (Phi) is 3.80. The van der Waals surface area contributed by atoms with Crippen LogP contribution in [0.2, 0.25) is 0 Å². The van der Waals surface area contributed by atoms with E-state index in [2.05, 4.69) is 22.8 Å². The van der Waals surface area contributed by atoms with Gasteiger partial charge in [0.25, 0.3) is 11.5 Å². The van der Waals surface area contributed by atoms with Crippen LogP contribution in [0.1, 0.15) is 21.5 Å². The second-order valence-electron chi connectivity index (χ2n) is 5.94. The van der Waals surface area contributed by atoms with Crippen molar-refractivity contribution in [1.29, 1.82) is 0 Å². The van der Waals surface area contributed by atoms with Gasteiger partial charge in [-0.3, -0.25) is 4.79 Å². The van der Waals surface area contributed by atoms with Gasteiger partial charge in [0.05, 0.1) is 5.56 Å². The summed E-state index contributed by atoms with van der Waals surface area (Å²) in [6.45, 7) is 0.835. The van der Waals surface area contributed by atoms with Gasteiger partial charge in [0.2, 0.25) is 5.69 Å². The summed E-state index contributed by atoms with van der Waals surface area (Å²) >= 11 is 0. The minimum atomic E-state index is 0.0681. The third kappa shape index (κ3) is 2.56. The number of hydrogen-bond acceptors (Lipinski definition) is 1. The fourth-order valence-electron chi connectivity index (χ4n) is 3.30. The molecule has 0 bridgehead atoms. The zero-order valence-corrected chi connectivity index (χ0v) is 13.4. The summed E-state index contributed by atoms with van der Waals surface area (Å²) < 4.78 is 2.17. The minimum absolute atomic E-state index is 0.0681. The van der Waals surface area contributed by atoms with Crippen LogP contribution < -0.4 is 0 Å². The molecule has 0 atom stereocenters. The van der Waals surface area contributed by atoms with E-state index in [0.29, 0.717) is 0 Å². The molecule has 1 aliphatic heterocycles. The third-order valence-corrected chi connectivity index (χ3v) is 4.46. The average Bonchev–Trinajstić information content (AvgIpc) is 3.07. The van der Waals surface area contributed by atoms with Crippen molar-refractivity contribution in [2.75, 3.05) is 6.54 Å². The Labute approximate surface area is 141 Å². The molecule has 0 saturated heterocycles. The highest BCUT2D eigenvalue weighted by Gasteiger charge is 2.32. The quantitative estimate of drug-likeness (QED) is 0.523. The molecular formula is C22H18NO+. The molecule has 3 aromatic carbocycles. The Bertz CT molecular complexity index is 911. The summed E-state index contributed by atoms with van der Waals surface area (Å²) in [4.78, 5) is 13.3. The standard InChI is InChI=1S/C22H18NO/c24-22(19-12-5-2-6-13-19)21(18-10-3-1-4-11-18)23-16-15-17-9-7-8-14-20(17)23/h1-14H,15-16H2/q+1. The lowest BCUT2D eigenvalue weighted by Gasteiger charge is -2.06. The number of carbonyl (C=O) groups excluding carboxylic acids is 1. The SMILES string of the molecule is O=C(C(c1ccccc1)=[N+]1CCc2ccccc21)c1ccccc1. The first-order valence-corrected chi connectivity index (χ1v) is 8.22. The number of para-hydroxylation sites is 1. The van der Waals surface area contributed by atoms with Crippen molar-refractivity contribution in [2.24, 2.45) is 0 Å². The molecule has 116 valence electrons. The maximum atomic E-state index is 13.3. The molecule has 0 spiro atoms. The Morgan fingerprint density at radius 1 is 0.708 bits per heavy atom. The molecular weight excluding hydrogens is 294 g/mol. The van der Waals surface area contributed by atoms with E-state index in [-0.39, 0.29) is 5.78 Å². The van der Waals surface area contributed by atoms with Crippen LogP contribution in [0.3, 0.4) is 0 Å². The van der Waals surface area contributed by atoms with Gasteiger partial charge in [-0.25, -0.2) is 0 Å². The number of hydrogen-bond donors (Lipinski definition) is 0. The van der Waals surface area contributed by atoms with Gasteiger partial charge in [-0.2, -0.15) is 4.58 Å². The second-order valence-corrected chi connectivity index (χ2v) is 5.94. The van der Waals surface area contributed by atoms with Gasteiger partial charge >= 0.3 is 0 Å². The molecule has 2 heteroatoms. The first-order valence-electron chi connectivity index (χ1n) is 8.22. The van der Waals surface area contributed by atoms with E-state index < -0.39 is 0 Å². The van der Waals surface area contributed by atoms with Crippen molar-refractivity contribution in [3.63, 3.8) is 0 Å². The normalized spacial score (nSPS) is 15.0. The van der Waals surface area contributed by atoms with Gasteiger partial charge in [-0.15, -0.1) is 0 Å². The minimum Gasteiger partial charge on any atom is -0.282 e. The largest absolute Gasteiger partial charge is 0.282 e. The van der Waals surface area contributed by atoms with E-state index in [1.165, 1.54) is 5.56 Å². The predicted molar refractivity (Wildman–Crippen MR) is 96.3 cm³/mol. The van der Waals surface area contributed by atoms with Gasteiger partial charge in [0.15, 0.2) is 6.54 Å². The molecule has 0 fully saturated rings. The molecule has 1 heterocycles. The highest BCUT2D eigenvalue weighted by molar-refractivity contribution is 6.49. The van der Waals surface area contributed by atoms with Crippen molar-refractivity contribution in [3.05, 3.63) is 102 Å². The molecule has 2 nitrogen and oxygen atoms in total. The van der Waals surface area contributed by atoms with Crippen molar-refractivity contribution < 1.29 is 9.37 Å². The lowest BCUT2D eigenvalue weighted by Crippen LogP contribution is -2.26. The lowest BCUT2D eigenvalue weighted by atomic mass is 10.00. The average molecular weight is 312 g/mol. The third-order valence-electron chi connectivity index (χ3n) is 4.46. The van der Waals surface area contributed by atoms with Crippen LogP contribution in [-0.4, -0.2) is 22.6 Å². The number of Topliss-reactive ketones (excluding diaryl/α,β-unsaturated/α-hetero) is 1. The van der Waals surface area contributed by atoms with Gasteiger partial charge < -0.3 is 0 Å². The lowest BCUT2D eigenvalue weighted by molar-refractivity contribution is -0.427. The Morgan fingerprint density at radius 3 is 2.00 bits per heavy atom. The molecule has 0 aromatic heterocycles. The van der Waals surface area contributed by atoms with Crippen LogP contribution >= 0.6 is 0 Å². The van der Waals surface area contributed by atoms with Gasteiger partial charge in [0.1, 0.15) is 0 Å². The molecule has 1 aliphatic rings. The first-order chi connectivity index (χ1) is 11.8. The van der Waals surface area contributed by atoms with E-state index in [1.54, 1.807) is 0 Å². The molecule has 0 amide bonds. The van der Waals surface area contributed by atoms with Crippen LogP contribution in [0.5, 0.6) is 0 Å². The van der Waals surface area contributed by atoms with Crippen molar-refractivity contribution in [3.8, 4) is 0 Å². The molecule has 0 N–H and O–H groups in total. The first kappa shape index (κ1) is 14.6. The number of carbonyl (C=O) groups is 1. The van der Waals surface area contributed by atoms with Crippen LogP contribution in [0.25, 0.3) is 0 Å². The summed E-state index contributed by atoms with van der Waals surface area (Å²) in [5, 5.41) is 0. The van der Waals surface area contributed by atoms with Gasteiger partial charge in [-0.05, 0) is 12.1 Å². The number of benzene rings is 3. The van der Waals surface area contributed by atoms with Crippen LogP contribution in [0.15, 0.2) is 84.9 Å². The maximum absolute atomic E-state index is 13.3. The van der Waals surface area contributed by atoms with Crippen LogP contribution in [0, 0.1) is 0 Å². The highest BCUT2D eigenvalue weighted by Crippen LogP contribution is 2.27. The van der Waals surface area contributed by atoms with E-state index in [9.17, 15) is 4.79 Å². The van der Waals surface area contributed by atoms with Crippen LogP contribution in [-0.2, 0) is 6.42 Å². The number of ketones is 1. The monoisotopic (exact) mass is 312 g/mol. The summed E-state index contributed by atoms with van der Waals surface area (Å²) in [6, 6.07) is 27.8. The molecule has 0 radical (unpaired) electrons.